The number of esters is 1. The number of ether oxygens (including phenoxy) is 1. The zero-order chi connectivity index (χ0) is 15.0. The molecule has 0 saturated carbocycles. The van der Waals surface area contributed by atoms with Gasteiger partial charge < -0.3 is 16.2 Å². The lowest BCUT2D eigenvalue weighted by molar-refractivity contribution is 0.0594. The number of hydrogen-bond donors (Lipinski definition) is 2. The van der Waals surface area contributed by atoms with E-state index in [9.17, 15) is 4.79 Å². The number of rotatable bonds is 2. The van der Waals surface area contributed by atoms with Crippen LogP contribution in [0.3, 0.4) is 0 Å². The van der Waals surface area contributed by atoms with Crippen molar-refractivity contribution in [2.24, 2.45) is 0 Å². The van der Waals surface area contributed by atoms with E-state index >= 15 is 0 Å². The van der Waals surface area contributed by atoms with Crippen molar-refractivity contribution in [3.63, 3.8) is 0 Å². The Morgan fingerprint density at radius 1 is 1.29 bits per heavy atom. The second-order valence-corrected chi connectivity index (χ2v) is 4.18. The maximum absolute atomic E-state index is 11.4. The highest BCUT2D eigenvalue weighted by molar-refractivity contribution is 5.90. The van der Waals surface area contributed by atoms with E-state index < -0.39 is 5.97 Å². The van der Waals surface area contributed by atoms with Gasteiger partial charge in [-0.1, -0.05) is 0 Å². The molecule has 0 aliphatic rings. The lowest BCUT2D eigenvalue weighted by atomic mass is 10.1. The molecule has 0 amide bonds. The first-order valence-electron chi connectivity index (χ1n) is 5.91. The number of anilines is 2. The molecule has 3 rings (SSSR count). The first-order valence-corrected chi connectivity index (χ1v) is 5.91. The fourth-order valence-electron chi connectivity index (χ4n) is 1.95. The SMILES string of the molecule is COC(=O)c1ccc(-c2cnc(N)n3cnnc23)c(N)n1. The summed E-state index contributed by atoms with van der Waals surface area (Å²) in [4.78, 5) is 19.5. The Bertz CT molecular complexity index is 843. The summed E-state index contributed by atoms with van der Waals surface area (Å²) >= 11 is 0. The Labute approximate surface area is 118 Å². The van der Waals surface area contributed by atoms with Crippen LogP contribution >= 0.6 is 0 Å². The fourth-order valence-corrected chi connectivity index (χ4v) is 1.95. The van der Waals surface area contributed by atoms with Crippen molar-refractivity contribution < 1.29 is 9.53 Å². The van der Waals surface area contributed by atoms with Crippen LogP contribution in [0.15, 0.2) is 24.7 Å². The smallest absolute Gasteiger partial charge is 0.356 e. The van der Waals surface area contributed by atoms with Gasteiger partial charge in [-0.25, -0.2) is 14.8 Å². The third-order valence-electron chi connectivity index (χ3n) is 2.97. The summed E-state index contributed by atoms with van der Waals surface area (Å²) in [6.45, 7) is 0. The second-order valence-electron chi connectivity index (χ2n) is 4.18. The number of hydrogen-bond acceptors (Lipinski definition) is 8. The monoisotopic (exact) mass is 285 g/mol. The van der Waals surface area contributed by atoms with E-state index in [1.54, 1.807) is 6.07 Å². The minimum absolute atomic E-state index is 0.125. The molecular formula is C12H11N7O2. The highest BCUT2D eigenvalue weighted by Crippen LogP contribution is 2.28. The van der Waals surface area contributed by atoms with Crippen molar-refractivity contribution in [1.82, 2.24) is 24.6 Å². The van der Waals surface area contributed by atoms with Crippen molar-refractivity contribution >= 4 is 23.4 Å². The second kappa shape index (κ2) is 4.71. The number of nitrogens with zero attached hydrogens (tertiary/aromatic N) is 5. The normalized spacial score (nSPS) is 10.7. The van der Waals surface area contributed by atoms with Crippen molar-refractivity contribution in [1.29, 1.82) is 0 Å². The summed E-state index contributed by atoms with van der Waals surface area (Å²) in [6.07, 6.45) is 2.98. The summed E-state index contributed by atoms with van der Waals surface area (Å²) in [5, 5.41) is 7.78. The molecule has 21 heavy (non-hydrogen) atoms. The number of carbonyl (C=O) groups excluding carboxylic acids is 1. The molecule has 3 heterocycles. The minimum atomic E-state index is -0.559. The summed E-state index contributed by atoms with van der Waals surface area (Å²) in [7, 11) is 1.28. The van der Waals surface area contributed by atoms with Crippen LogP contribution in [0, 0.1) is 0 Å². The van der Waals surface area contributed by atoms with E-state index in [2.05, 4.69) is 24.9 Å². The molecule has 0 saturated heterocycles. The van der Waals surface area contributed by atoms with Gasteiger partial charge in [-0.15, -0.1) is 10.2 Å². The Hall–Kier alpha value is -3.23. The first kappa shape index (κ1) is 12.8. The molecule has 0 bridgehead atoms. The maximum Gasteiger partial charge on any atom is 0.356 e. The van der Waals surface area contributed by atoms with Crippen LogP contribution in [0.2, 0.25) is 0 Å². The van der Waals surface area contributed by atoms with Gasteiger partial charge in [0.05, 0.1) is 7.11 Å². The molecule has 0 aliphatic heterocycles. The molecule has 9 heteroatoms. The number of nitrogens with two attached hydrogens (primary N) is 2. The van der Waals surface area contributed by atoms with Crippen LogP contribution in [0.5, 0.6) is 0 Å². The predicted octanol–water partition coefficient (Wildman–Crippen LogP) is 0.137. The Morgan fingerprint density at radius 3 is 2.81 bits per heavy atom. The molecule has 3 aromatic rings. The summed E-state index contributed by atoms with van der Waals surface area (Å²) in [6, 6.07) is 3.16. The van der Waals surface area contributed by atoms with E-state index in [1.165, 1.54) is 30.1 Å². The molecule has 9 nitrogen and oxygen atoms in total. The minimum Gasteiger partial charge on any atom is -0.464 e. The third-order valence-corrected chi connectivity index (χ3v) is 2.97. The van der Waals surface area contributed by atoms with Gasteiger partial charge in [0.25, 0.3) is 0 Å². The number of fused-ring (bicyclic) bond motifs is 1. The fraction of sp³-hybridized carbons (Fsp3) is 0.0833. The predicted molar refractivity (Wildman–Crippen MR) is 74.2 cm³/mol. The van der Waals surface area contributed by atoms with E-state index in [0.29, 0.717) is 16.8 Å². The van der Waals surface area contributed by atoms with Gasteiger partial charge in [-0.3, -0.25) is 4.40 Å². The average Bonchev–Trinajstić information content (AvgIpc) is 2.98. The number of aromatic nitrogens is 5. The number of pyridine rings is 1. The van der Waals surface area contributed by atoms with Crippen LogP contribution in [0.25, 0.3) is 16.8 Å². The van der Waals surface area contributed by atoms with Crippen molar-refractivity contribution in [2.75, 3.05) is 18.6 Å². The van der Waals surface area contributed by atoms with Crippen LogP contribution in [-0.4, -0.2) is 37.6 Å². The Morgan fingerprint density at radius 2 is 2.10 bits per heavy atom. The van der Waals surface area contributed by atoms with Gasteiger partial charge in [0.2, 0.25) is 5.95 Å². The first-order chi connectivity index (χ1) is 10.1. The maximum atomic E-state index is 11.4. The van der Waals surface area contributed by atoms with E-state index in [1.807, 2.05) is 0 Å². The lowest BCUT2D eigenvalue weighted by Gasteiger charge is -2.08. The van der Waals surface area contributed by atoms with Gasteiger partial charge in [-0.05, 0) is 12.1 Å². The Kier molecular flexibility index (Phi) is 2.87. The van der Waals surface area contributed by atoms with Gasteiger partial charge in [-0.2, -0.15) is 0 Å². The van der Waals surface area contributed by atoms with Gasteiger partial charge in [0.15, 0.2) is 11.3 Å². The average molecular weight is 285 g/mol. The van der Waals surface area contributed by atoms with Crippen LogP contribution in [0.1, 0.15) is 10.5 Å². The molecule has 106 valence electrons. The molecule has 4 N–H and O–H groups in total. The molecule has 3 aromatic heterocycles. The van der Waals surface area contributed by atoms with E-state index in [0.717, 1.165) is 0 Å². The molecule has 0 fully saturated rings. The molecule has 0 aliphatic carbocycles. The van der Waals surface area contributed by atoms with Gasteiger partial charge in [0.1, 0.15) is 12.1 Å². The molecule has 0 aromatic carbocycles. The molecule has 0 atom stereocenters. The molecule has 0 spiro atoms. The number of nitrogen functional groups attached to an aromatic ring is 2. The van der Waals surface area contributed by atoms with E-state index in [4.69, 9.17) is 11.5 Å². The summed E-state index contributed by atoms with van der Waals surface area (Å²) < 4.78 is 6.13. The molecule has 0 unspecified atom stereocenters. The quantitative estimate of drug-likeness (QED) is 0.635. The largest absolute Gasteiger partial charge is 0.464 e. The zero-order valence-electron chi connectivity index (χ0n) is 11.0. The van der Waals surface area contributed by atoms with Crippen molar-refractivity contribution in [2.45, 2.75) is 0 Å². The number of methoxy groups -OCH3 is 1. The molecular weight excluding hydrogens is 274 g/mol. The van der Waals surface area contributed by atoms with E-state index in [-0.39, 0.29) is 17.5 Å². The summed E-state index contributed by atoms with van der Waals surface area (Å²) in [5.74, 6) is -0.137. The third kappa shape index (κ3) is 2.00. The highest BCUT2D eigenvalue weighted by Gasteiger charge is 2.15. The number of carbonyl (C=O) groups is 1. The van der Waals surface area contributed by atoms with Crippen molar-refractivity contribution in [3.05, 3.63) is 30.4 Å². The highest BCUT2D eigenvalue weighted by atomic mass is 16.5. The van der Waals surface area contributed by atoms with Crippen LogP contribution in [0.4, 0.5) is 11.8 Å². The lowest BCUT2D eigenvalue weighted by Crippen LogP contribution is -2.07. The van der Waals surface area contributed by atoms with Crippen LogP contribution < -0.4 is 11.5 Å². The summed E-state index contributed by atoms with van der Waals surface area (Å²) in [5.41, 5.74) is 13.5. The zero-order valence-corrected chi connectivity index (χ0v) is 11.0. The van der Waals surface area contributed by atoms with Gasteiger partial charge >= 0.3 is 5.97 Å². The van der Waals surface area contributed by atoms with Crippen molar-refractivity contribution in [3.8, 4) is 11.1 Å². The topological polar surface area (TPSA) is 134 Å². The standard InChI is InChI=1S/C12H11N7O2/c1-21-11(20)8-3-2-6(9(13)17-8)7-4-15-12(14)19-5-16-18-10(7)19/h2-5H,1H3,(H2,13,17)(H2,14,15). The van der Waals surface area contributed by atoms with Gasteiger partial charge in [0, 0.05) is 17.3 Å². The molecule has 0 radical (unpaired) electrons. The Balaban J connectivity index is 2.17. The van der Waals surface area contributed by atoms with Crippen LogP contribution in [-0.2, 0) is 4.74 Å².